The second-order valence-electron chi connectivity index (χ2n) is 8.21. The zero-order chi connectivity index (χ0) is 23.6. The molecule has 0 radical (unpaired) electrons. The van der Waals surface area contributed by atoms with E-state index in [1.807, 2.05) is 6.92 Å². The van der Waals surface area contributed by atoms with Crippen molar-refractivity contribution >= 4 is 5.91 Å². The lowest BCUT2D eigenvalue weighted by Crippen LogP contribution is -2.48. The first-order chi connectivity index (χ1) is 15.8. The second-order valence-corrected chi connectivity index (χ2v) is 8.21. The van der Waals surface area contributed by atoms with Crippen LogP contribution in [0.25, 0.3) is 5.69 Å². The van der Waals surface area contributed by atoms with Crippen molar-refractivity contribution in [2.75, 3.05) is 6.54 Å². The Kier molecular flexibility index (Phi) is 6.44. The molecule has 2 aromatic heterocycles. The fourth-order valence-electron chi connectivity index (χ4n) is 4.35. The minimum absolute atomic E-state index is 0.00566. The van der Waals surface area contributed by atoms with Gasteiger partial charge in [0.05, 0.1) is 23.5 Å². The van der Waals surface area contributed by atoms with E-state index in [0.717, 1.165) is 29.9 Å². The van der Waals surface area contributed by atoms with Gasteiger partial charge in [-0.2, -0.15) is 23.4 Å². The molecule has 2 atom stereocenters. The third kappa shape index (κ3) is 4.89. The van der Waals surface area contributed by atoms with Gasteiger partial charge in [0.1, 0.15) is 5.69 Å². The minimum Gasteiger partial charge on any atom is -0.335 e. The number of carbonyl (C=O) groups excluding carboxylic acids is 1. The standard InChI is InChI=1S/C23H23F4N5O/c1-15-4-3-13-31(20(15)10-9-17-8-7-16(14-28-17)23(25,26)27)22(33)18-5-2-6-19(24)21(18)32-29-11-12-30-32/h2,5-8,11-12,14-15,20H,3-4,9-10,13H2,1H3/t15-,20-/m1/s1. The van der Waals surface area contributed by atoms with Crippen LogP contribution in [0.2, 0.25) is 0 Å². The maximum absolute atomic E-state index is 14.6. The normalized spacial score (nSPS) is 19.0. The Bertz CT molecular complexity index is 1100. The number of carbonyl (C=O) groups is 1. The molecule has 1 aliphatic rings. The molecule has 3 aromatic rings. The first kappa shape index (κ1) is 22.9. The number of rotatable bonds is 5. The number of aromatic nitrogens is 4. The predicted octanol–water partition coefficient (Wildman–Crippen LogP) is 4.69. The van der Waals surface area contributed by atoms with E-state index >= 15 is 0 Å². The zero-order valence-electron chi connectivity index (χ0n) is 18.0. The molecule has 4 rings (SSSR count). The molecule has 1 aromatic carbocycles. The van der Waals surface area contributed by atoms with Crippen molar-refractivity contribution in [2.45, 2.75) is 44.8 Å². The van der Waals surface area contributed by atoms with Crippen LogP contribution >= 0.6 is 0 Å². The Morgan fingerprint density at radius 2 is 1.91 bits per heavy atom. The molecule has 0 unspecified atom stereocenters. The lowest BCUT2D eigenvalue weighted by atomic mass is 9.86. The molecule has 0 aliphatic carbocycles. The van der Waals surface area contributed by atoms with Crippen LogP contribution in [0.4, 0.5) is 17.6 Å². The van der Waals surface area contributed by atoms with Gasteiger partial charge in [0.25, 0.3) is 5.91 Å². The van der Waals surface area contributed by atoms with Crippen molar-refractivity contribution in [3.63, 3.8) is 0 Å². The van der Waals surface area contributed by atoms with Crippen molar-refractivity contribution in [1.82, 2.24) is 24.9 Å². The summed E-state index contributed by atoms with van der Waals surface area (Å²) in [5, 5.41) is 7.95. The highest BCUT2D eigenvalue weighted by Gasteiger charge is 2.34. The molecule has 10 heteroatoms. The number of aryl methyl sites for hydroxylation is 1. The average Bonchev–Trinajstić information content (AvgIpc) is 3.31. The summed E-state index contributed by atoms with van der Waals surface area (Å²) >= 11 is 0. The van der Waals surface area contributed by atoms with E-state index in [4.69, 9.17) is 0 Å². The Balaban J connectivity index is 1.56. The number of pyridine rings is 1. The zero-order valence-corrected chi connectivity index (χ0v) is 18.0. The van der Waals surface area contributed by atoms with Crippen LogP contribution in [0, 0.1) is 11.7 Å². The van der Waals surface area contributed by atoms with E-state index in [-0.39, 0.29) is 29.1 Å². The molecule has 1 aliphatic heterocycles. The van der Waals surface area contributed by atoms with Crippen LogP contribution in [0.1, 0.15) is 47.8 Å². The number of halogens is 4. The molecule has 6 nitrogen and oxygen atoms in total. The smallest absolute Gasteiger partial charge is 0.335 e. The van der Waals surface area contributed by atoms with Crippen LogP contribution in [0.3, 0.4) is 0 Å². The minimum atomic E-state index is -4.43. The third-order valence-corrected chi connectivity index (χ3v) is 6.06. The highest BCUT2D eigenvalue weighted by Crippen LogP contribution is 2.31. The summed E-state index contributed by atoms with van der Waals surface area (Å²) in [7, 11) is 0. The molecule has 1 saturated heterocycles. The molecule has 174 valence electrons. The highest BCUT2D eigenvalue weighted by atomic mass is 19.4. The largest absolute Gasteiger partial charge is 0.417 e. The van der Waals surface area contributed by atoms with E-state index in [1.54, 1.807) is 11.0 Å². The number of alkyl halides is 3. The van der Waals surface area contributed by atoms with Crippen LogP contribution in [-0.4, -0.2) is 43.4 Å². The molecular formula is C23H23F4N5O. The van der Waals surface area contributed by atoms with Crippen LogP contribution in [0.5, 0.6) is 0 Å². The Labute approximate surface area is 188 Å². The summed E-state index contributed by atoms with van der Waals surface area (Å²) in [6.07, 6.45) is 1.91. The molecule has 1 fully saturated rings. The first-order valence-corrected chi connectivity index (χ1v) is 10.7. The van der Waals surface area contributed by atoms with Gasteiger partial charge in [0.2, 0.25) is 0 Å². The molecule has 0 bridgehead atoms. The van der Waals surface area contributed by atoms with Crippen molar-refractivity contribution in [1.29, 1.82) is 0 Å². The maximum Gasteiger partial charge on any atom is 0.417 e. The summed E-state index contributed by atoms with van der Waals surface area (Å²) in [4.78, 5) is 20.3. The molecular weight excluding hydrogens is 438 g/mol. The van der Waals surface area contributed by atoms with Gasteiger partial charge in [-0.25, -0.2) is 4.39 Å². The van der Waals surface area contributed by atoms with Gasteiger partial charge >= 0.3 is 6.18 Å². The topological polar surface area (TPSA) is 63.9 Å². The fraction of sp³-hybridized carbons (Fsp3) is 0.391. The van der Waals surface area contributed by atoms with Gasteiger partial charge in [-0.3, -0.25) is 9.78 Å². The molecule has 3 heterocycles. The first-order valence-electron chi connectivity index (χ1n) is 10.7. The van der Waals surface area contributed by atoms with E-state index < -0.39 is 17.6 Å². The molecule has 0 saturated carbocycles. The van der Waals surface area contributed by atoms with Crippen molar-refractivity contribution in [2.24, 2.45) is 5.92 Å². The molecule has 0 N–H and O–H groups in total. The van der Waals surface area contributed by atoms with Crippen LogP contribution in [0.15, 0.2) is 48.9 Å². The molecule has 1 amide bonds. The monoisotopic (exact) mass is 461 g/mol. The third-order valence-electron chi connectivity index (χ3n) is 6.06. The van der Waals surface area contributed by atoms with E-state index in [0.29, 0.717) is 25.1 Å². The summed E-state index contributed by atoms with van der Waals surface area (Å²) in [6.45, 7) is 2.56. The number of nitrogens with zero attached hydrogens (tertiary/aromatic N) is 5. The van der Waals surface area contributed by atoms with E-state index in [1.165, 1.54) is 30.6 Å². The number of para-hydroxylation sites is 1. The Hall–Kier alpha value is -3.30. The number of hydrogen-bond acceptors (Lipinski definition) is 4. The maximum atomic E-state index is 14.6. The number of amides is 1. The van der Waals surface area contributed by atoms with Gasteiger partial charge in [-0.15, -0.1) is 4.80 Å². The van der Waals surface area contributed by atoms with Crippen molar-refractivity contribution in [3.05, 3.63) is 71.6 Å². The molecule has 0 spiro atoms. The quantitative estimate of drug-likeness (QED) is 0.517. The Morgan fingerprint density at radius 1 is 1.15 bits per heavy atom. The summed E-state index contributed by atoms with van der Waals surface area (Å²) in [6, 6.07) is 6.52. The van der Waals surface area contributed by atoms with Gasteiger partial charge in [-0.1, -0.05) is 13.0 Å². The van der Waals surface area contributed by atoms with Gasteiger partial charge in [0, 0.05) is 24.5 Å². The van der Waals surface area contributed by atoms with Gasteiger partial charge in [-0.05, 0) is 55.9 Å². The highest BCUT2D eigenvalue weighted by molar-refractivity contribution is 5.98. The summed E-state index contributed by atoms with van der Waals surface area (Å²) in [5.74, 6) is -0.747. The average molecular weight is 461 g/mol. The number of piperidine rings is 1. The van der Waals surface area contributed by atoms with Gasteiger partial charge < -0.3 is 4.90 Å². The SMILES string of the molecule is C[C@@H]1CCCN(C(=O)c2cccc(F)c2-n2nccn2)[C@@H]1CCc1ccc(C(F)(F)F)cn1. The lowest BCUT2D eigenvalue weighted by Gasteiger charge is -2.40. The predicted molar refractivity (Wildman–Crippen MR) is 112 cm³/mol. The van der Waals surface area contributed by atoms with E-state index in [2.05, 4.69) is 15.2 Å². The molecule has 33 heavy (non-hydrogen) atoms. The number of hydrogen-bond donors (Lipinski definition) is 0. The number of benzene rings is 1. The summed E-state index contributed by atoms with van der Waals surface area (Å²) < 4.78 is 53.0. The van der Waals surface area contributed by atoms with E-state index in [9.17, 15) is 22.4 Å². The summed E-state index contributed by atoms with van der Waals surface area (Å²) in [5.41, 5.74) is -0.104. The van der Waals surface area contributed by atoms with Crippen LogP contribution in [-0.2, 0) is 12.6 Å². The second kappa shape index (κ2) is 9.29. The number of likely N-dealkylation sites (tertiary alicyclic amines) is 1. The fourth-order valence-corrected chi connectivity index (χ4v) is 4.35. The lowest BCUT2D eigenvalue weighted by molar-refractivity contribution is -0.137. The van der Waals surface area contributed by atoms with Crippen molar-refractivity contribution in [3.8, 4) is 5.69 Å². The van der Waals surface area contributed by atoms with Gasteiger partial charge in [0.15, 0.2) is 5.82 Å². The van der Waals surface area contributed by atoms with Crippen molar-refractivity contribution < 1.29 is 22.4 Å². The Morgan fingerprint density at radius 3 is 2.58 bits per heavy atom. The van der Waals surface area contributed by atoms with Crippen LogP contribution < -0.4 is 0 Å².